The van der Waals surface area contributed by atoms with Crippen molar-refractivity contribution < 1.29 is 23.4 Å². The summed E-state index contributed by atoms with van der Waals surface area (Å²) in [5.74, 6) is -2.02. The number of methoxy groups -OCH3 is 1. The summed E-state index contributed by atoms with van der Waals surface area (Å²) in [5.41, 5.74) is -2.10. The highest BCUT2D eigenvalue weighted by molar-refractivity contribution is 7.71. The van der Waals surface area contributed by atoms with Gasteiger partial charge in [-0.05, 0) is 37.5 Å². The molecule has 0 aliphatic heterocycles. The van der Waals surface area contributed by atoms with Crippen molar-refractivity contribution in [3.05, 3.63) is 59.2 Å². The Kier molecular flexibility index (Phi) is 7.38. The van der Waals surface area contributed by atoms with Crippen LogP contribution >= 0.6 is 12.2 Å². The van der Waals surface area contributed by atoms with Crippen LogP contribution in [0.2, 0.25) is 0 Å². The lowest BCUT2D eigenvalue weighted by molar-refractivity contribution is -0.145. The molecule has 0 fully saturated rings. The molecule has 0 bridgehead atoms. The van der Waals surface area contributed by atoms with Crippen LogP contribution < -0.4 is 0 Å². The minimum absolute atomic E-state index is 0.137. The number of nitrogens with zero attached hydrogens (tertiary/aromatic N) is 6. The second-order valence-corrected chi connectivity index (χ2v) is 8.62. The van der Waals surface area contributed by atoms with E-state index in [1.807, 2.05) is 13.8 Å². The van der Waals surface area contributed by atoms with Crippen LogP contribution in [0.3, 0.4) is 0 Å². The van der Waals surface area contributed by atoms with Gasteiger partial charge in [0.25, 0.3) is 0 Å². The van der Waals surface area contributed by atoms with Gasteiger partial charge in [0.2, 0.25) is 0 Å². The average molecular weight is 481 g/mol. The second-order valence-electron chi connectivity index (χ2n) is 8.25. The van der Waals surface area contributed by atoms with E-state index in [0.29, 0.717) is 12.5 Å². The van der Waals surface area contributed by atoms with Crippen LogP contribution in [0.1, 0.15) is 44.8 Å². The SMILES string of the molecule is COC(=O)[C@H](CC(C)C)n1cnn([C@H](C)[C@](O)(Cn2cncn2)c2ccc(F)cc2F)c1=S. The molecule has 2 heterocycles. The Morgan fingerprint density at radius 3 is 2.55 bits per heavy atom. The third kappa shape index (κ3) is 5.01. The van der Waals surface area contributed by atoms with Crippen molar-refractivity contribution in [2.75, 3.05) is 7.11 Å². The Hall–Kier alpha value is -2.99. The number of hydrogen-bond acceptors (Lipinski definition) is 7. The molecule has 0 spiro atoms. The Bertz CT molecular complexity index is 1160. The first kappa shape index (κ1) is 24.6. The van der Waals surface area contributed by atoms with Crippen LogP contribution in [0.15, 0.2) is 37.2 Å². The number of rotatable bonds is 9. The summed E-state index contributed by atoms with van der Waals surface area (Å²) in [4.78, 5) is 16.3. The maximum atomic E-state index is 14.8. The highest BCUT2D eigenvalue weighted by atomic mass is 32.1. The smallest absolute Gasteiger partial charge is 0.328 e. The quantitative estimate of drug-likeness (QED) is 0.371. The van der Waals surface area contributed by atoms with E-state index in [4.69, 9.17) is 17.0 Å². The number of ether oxygens (including phenoxy) is 1. The van der Waals surface area contributed by atoms with Gasteiger partial charge < -0.3 is 9.84 Å². The van der Waals surface area contributed by atoms with Crippen LogP contribution in [0.25, 0.3) is 0 Å². The van der Waals surface area contributed by atoms with Gasteiger partial charge in [0, 0.05) is 11.6 Å². The maximum Gasteiger partial charge on any atom is 0.328 e. The van der Waals surface area contributed by atoms with Gasteiger partial charge in [-0.1, -0.05) is 19.9 Å². The van der Waals surface area contributed by atoms with E-state index in [9.17, 15) is 18.7 Å². The van der Waals surface area contributed by atoms with Crippen LogP contribution in [-0.2, 0) is 21.7 Å². The maximum absolute atomic E-state index is 14.8. The van der Waals surface area contributed by atoms with Crippen LogP contribution in [0.5, 0.6) is 0 Å². The van der Waals surface area contributed by atoms with E-state index in [-0.39, 0.29) is 22.8 Å². The van der Waals surface area contributed by atoms with Crippen molar-refractivity contribution in [2.45, 2.75) is 51.4 Å². The second kappa shape index (κ2) is 9.87. The Morgan fingerprint density at radius 1 is 1.24 bits per heavy atom. The zero-order valence-corrected chi connectivity index (χ0v) is 19.5. The van der Waals surface area contributed by atoms with Crippen LogP contribution in [-0.4, -0.2) is 47.3 Å². The van der Waals surface area contributed by atoms with Gasteiger partial charge in [0.15, 0.2) is 4.77 Å². The topological polar surface area (TPSA) is 100.0 Å². The first-order valence-electron chi connectivity index (χ1n) is 10.3. The molecule has 33 heavy (non-hydrogen) atoms. The van der Waals surface area contributed by atoms with Gasteiger partial charge in [-0.25, -0.2) is 27.9 Å². The third-order valence-electron chi connectivity index (χ3n) is 5.55. The number of halogens is 2. The minimum Gasteiger partial charge on any atom is -0.467 e. The summed E-state index contributed by atoms with van der Waals surface area (Å²) in [6.07, 6.45) is 4.49. The summed E-state index contributed by atoms with van der Waals surface area (Å²) in [6.45, 7) is 5.31. The highest BCUT2D eigenvalue weighted by Crippen LogP contribution is 2.37. The molecule has 3 rings (SSSR count). The largest absolute Gasteiger partial charge is 0.467 e. The molecular weight excluding hydrogens is 454 g/mol. The van der Waals surface area contributed by atoms with E-state index in [1.165, 1.54) is 46.1 Å². The molecule has 0 aliphatic rings. The summed E-state index contributed by atoms with van der Waals surface area (Å²) >= 11 is 5.57. The normalized spacial score (nSPS) is 15.3. The zero-order chi connectivity index (χ0) is 24.3. The molecule has 0 unspecified atom stereocenters. The number of carbonyl (C=O) groups excluding carboxylic acids is 1. The molecular formula is C21H26F2N6O3S. The molecule has 1 aromatic carbocycles. The monoisotopic (exact) mass is 480 g/mol. The van der Waals surface area contributed by atoms with Gasteiger partial charge >= 0.3 is 5.97 Å². The van der Waals surface area contributed by atoms with Gasteiger partial charge in [0.1, 0.15) is 42.3 Å². The minimum atomic E-state index is -1.94. The molecule has 0 saturated carbocycles. The molecule has 2 aromatic heterocycles. The highest BCUT2D eigenvalue weighted by Gasteiger charge is 2.41. The molecule has 0 saturated heterocycles. The summed E-state index contributed by atoms with van der Waals surface area (Å²) in [6, 6.07) is 1.28. The fourth-order valence-corrected chi connectivity index (χ4v) is 4.14. The van der Waals surface area contributed by atoms with E-state index >= 15 is 0 Å². The molecule has 3 atom stereocenters. The van der Waals surface area contributed by atoms with E-state index in [2.05, 4.69) is 15.2 Å². The number of esters is 1. The molecule has 0 radical (unpaired) electrons. The van der Waals surface area contributed by atoms with Crippen molar-refractivity contribution in [1.82, 2.24) is 29.1 Å². The fraction of sp³-hybridized carbons (Fsp3) is 0.476. The van der Waals surface area contributed by atoms with Crippen molar-refractivity contribution in [1.29, 1.82) is 0 Å². The third-order valence-corrected chi connectivity index (χ3v) is 5.94. The molecule has 0 amide bonds. The molecule has 12 heteroatoms. The molecule has 3 aromatic rings. The predicted octanol–water partition coefficient (Wildman–Crippen LogP) is 3.19. The van der Waals surface area contributed by atoms with Gasteiger partial charge in [0.05, 0.1) is 19.7 Å². The Labute approximate surface area is 194 Å². The molecule has 0 aliphatic carbocycles. The molecule has 178 valence electrons. The fourth-order valence-electron chi connectivity index (χ4n) is 3.76. The Balaban J connectivity index is 2.09. The molecule has 9 nitrogen and oxygen atoms in total. The van der Waals surface area contributed by atoms with Crippen LogP contribution in [0.4, 0.5) is 8.78 Å². The van der Waals surface area contributed by atoms with Crippen molar-refractivity contribution in [3.63, 3.8) is 0 Å². The standard InChI is InChI=1S/C21H26F2N6O3S/c1-13(2)7-18(19(30)32-4)28-12-26-29(20(28)33)14(3)21(31,9-27-11-24-10-25-27)16-6-5-15(22)8-17(16)23/h5-6,8,10-14,18,31H,7,9H2,1-4H3/t14-,18+,21-/m1/s1. The number of benzene rings is 1. The van der Waals surface area contributed by atoms with E-state index in [1.54, 1.807) is 6.92 Å². The van der Waals surface area contributed by atoms with Crippen molar-refractivity contribution in [2.24, 2.45) is 5.92 Å². The molecule has 1 N–H and O–H groups in total. The van der Waals surface area contributed by atoms with Crippen LogP contribution in [0, 0.1) is 22.3 Å². The van der Waals surface area contributed by atoms with Gasteiger partial charge in [-0.15, -0.1) is 0 Å². The number of hydrogen-bond donors (Lipinski definition) is 1. The van der Waals surface area contributed by atoms with Gasteiger partial charge in [-0.3, -0.25) is 4.57 Å². The summed E-state index contributed by atoms with van der Waals surface area (Å²) < 4.78 is 37.6. The van der Waals surface area contributed by atoms with Crippen molar-refractivity contribution >= 4 is 18.2 Å². The summed E-state index contributed by atoms with van der Waals surface area (Å²) in [7, 11) is 1.29. The predicted molar refractivity (Wildman–Crippen MR) is 117 cm³/mol. The van der Waals surface area contributed by atoms with Gasteiger partial charge in [-0.2, -0.15) is 10.2 Å². The lowest BCUT2D eigenvalue weighted by Crippen LogP contribution is -2.41. The number of aromatic nitrogens is 6. The zero-order valence-electron chi connectivity index (χ0n) is 18.7. The first-order chi connectivity index (χ1) is 15.6. The van der Waals surface area contributed by atoms with E-state index in [0.717, 1.165) is 6.07 Å². The first-order valence-corrected chi connectivity index (χ1v) is 10.7. The van der Waals surface area contributed by atoms with Crippen molar-refractivity contribution in [3.8, 4) is 0 Å². The summed E-state index contributed by atoms with van der Waals surface area (Å²) in [5, 5.41) is 20.1. The lowest BCUT2D eigenvalue weighted by Gasteiger charge is -2.34. The number of aliphatic hydroxyl groups is 1. The average Bonchev–Trinajstić information content (AvgIpc) is 3.40. The number of carbonyl (C=O) groups is 1. The lowest BCUT2D eigenvalue weighted by atomic mass is 9.86. The Morgan fingerprint density at radius 2 is 1.97 bits per heavy atom. The van der Waals surface area contributed by atoms with E-state index < -0.39 is 35.3 Å².